The fourth-order valence-corrected chi connectivity index (χ4v) is 2.72. The van der Waals surface area contributed by atoms with Crippen LogP contribution in [0, 0.1) is 12.8 Å². The molecule has 1 fully saturated rings. The predicted octanol–water partition coefficient (Wildman–Crippen LogP) is 1.95. The zero-order valence-electron chi connectivity index (χ0n) is 11.8. The molecule has 1 amide bonds. The van der Waals surface area contributed by atoms with Gasteiger partial charge >= 0.3 is 0 Å². The average Bonchev–Trinajstić information content (AvgIpc) is 2.68. The van der Waals surface area contributed by atoms with Crippen LogP contribution < -0.4 is 10.6 Å². The van der Waals surface area contributed by atoms with E-state index in [1.54, 1.807) is 7.11 Å². The summed E-state index contributed by atoms with van der Waals surface area (Å²) in [6, 6.07) is 0. The molecule has 1 aliphatic rings. The molecular weight excluding hydrogens is 321 g/mol. The molecule has 0 spiro atoms. The van der Waals surface area contributed by atoms with E-state index in [4.69, 9.17) is 4.74 Å². The molecule has 0 aromatic carbocycles. The Morgan fingerprint density at radius 1 is 1.55 bits per heavy atom. The molecule has 0 bridgehead atoms. The first-order valence-corrected chi connectivity index (χ1v) is 6.92. The number of hydrogen-bond donors (Lipinski definition) is 2. The number of halogens is 2. The van der Waals surface area contributed by atoms with Crippen molar-refractivity contribution in [3.05, 3.63) is 15.6 Å². The zero-order valence-corrected chi connectivity index (χ0v) is 14.2. The standard InChI is InChI=1S/C12H19N3O2S.2ClH/c1-7-10(18-12(15-7)8(2)17-3)11(16)14-6-9-4-13-5-9;;/h8-9,13H,4-6H2,1-3H3,(H,14,16);2*1H. The Labute approximate surface area is 135 Å². The lowest BCUT2D eigenvalue weighted by molar-refractivity contribution is 0.0945. The average molecular weight is 342 g/mol. The monoisotopic (exact) mass is 341 g/mol. The van der Waals surface area contributed by atoms with Gasteiger partial charge in [0.15, 0.2) is 0 Å². The van der Waals surface area contributed by atoms with Crippen LogP contribution in [0.4, 0.5) is 0 Å². The molecule has 116 valence electrons. The molecule has 1 aliphatic heterocycles. The zero-order chi connectivity index (χ0) is 13.1. The number of rotatable bonds is 5. The number of nitrogens with zero attached hydrogens (tertiary/aromatic N) is 1. The van der Waals surface area contributed by atoms with E-state index in [1.165, 1.54) is 11.3 Å². The van der Waals surface area contributed by atoms with Gasteiger partial charge in [-0.1, -0.05) is 0 Å². The second kappa shape index (κ2) is 8.79. The Kier molecular flexibility index (Phi) is 8.62. The maximum atomic E-state index is 12.0. The Morgan fingerprint density at radius 3 is 2.70 bits per heavy atom. The molecule has 2 heterocycles. The number of aromatic nitrogens is 1. The maximum absolute atomic E-state index is 12.0. The molecule has 0 saturated carbocycles. The Hall–Kier alpha value is -0.400. The van der Waals surface area contributed by atoms with Gasteiger partial charge in [0.05, 0.1) is 5.69 Å². The second-order valence-electron chi connectivity index (χ2n) is 4.58. The number of methoxy groups -OCH3 is 1. The molecule has 2 N–H and O–H groups in total. The summed E-state index contributed by atoms with van der Waals surface area (Å²) in [5, 5.41) is 7.00. The highest BCUT2D eigenvalue weighted by molar-refractivity contribution is 7.13. The van der Waals surface area contributed by atoms with Crippen molar-refractivity contribution < 1.29 is 9.53 Å². The number of amides is 1. The summed E-state index contributed by atoms with van der Waals surface area (Å²) in [7, 11) is 1.64. The minimum atomic E-state index is -0.0638. The molecule has 0 radical (unpaired) electrons. The van der Waals surface area contributed by atoms with Gasteiger partial charge in [-0.2, -0.15) is 0 Å². The molecule has 20 heavy (non-hydrogen) atoms. The van der Waals surface area contributed by atoms with Crippen molar-refractivity contribution in [2.45, 2.75) is 20.0 Å². The summed E-state index contributed by atoms with van der Waals surface area (Å²) in [5.74, 6) is 0.547. The van der Waals surface area contributed by atoms with Crippen LogP contribution in [0.15, 0.2) is 0 Å². The Bertz CT molecular complexity index is 438. The topological polar surface area (TPSA) is 63.2 Å². The highest BCUT2D eigenvalue weighted by Gasteiger charge is 2.21. The molecule has 1 aromatic heterocycles. The first-order chi connectivity index (χ1) is 8.61. The van der Waals surface area contributed by atoms with Crippen molar-refractivity contribution in [1.82, 2.24) is 15.6 Å². The third-order valence-electron chi connectivity index (χ3n) is 3.14. The number of carbonyl (C=O) groups excluding carboxylic acids is 1. The van der Waals surface area contributed by atoms with Crippen LogP contribution >= 0.6 is 36.2 Å². The molecule has 0 aliphatic carbocycles. The molecule has 1 saturated heterocycles. The first kappa shape index (κ1) is 19.6. The van der Waals surface area contributed by atoms with Gasteiger partial charge in [-0.15, -0.1) is 36.2 Å². The molecule has 1 atom stereocenters. The van der Waals surface area contributed by atoms with Crippen molar-refractivity contribution in [2.24, 2.45) is 5.92 Å². The van der Waals surface area contributed by atoms with Crippen LogP contribution in [-0.2, 0) is 4.74 Å². The van der Waals surface area contributed by atoms with Gasteiger partial charge in [0, 0.05) is 32.7 Å². The largest absolute Gasteiger partial charge is 0.375 e. The normalized spacial score (nSPS) is 15.6. The summed E-state index contributed by atoms with van der Waals surface area (Å²) >= 11 is 1.41. The number of carbonyl (C=O) groups is 1. The fraction of sp³-hybridized carbons (Fsp3) is 0.667. The third kappa shape index (κ3) is 4.56. The molecule has 5 nitrogen and oxygen atoms in total. The van der Waals surface area contributed by atoms with Crippen molar-refractivity contribution in [1.29, 1.82) is 0 Å². The van der Waals surface area contributed by atoms with Gasteiger partial charge in [-0.3, -0.25) is 4.79 Å². The van der Waals surface area contributed by atoms with E-state index in [2.05, 4.69) is 15.6 Å². The van der Waals surface area contributed by atoms with Crippen LogP contribution in [-0.4, -0.2) is 37.6 Å². The van der Waals surface area contributed by atoms with Gasteiger partial charge in [0.25, 0.3) is 5.91 Å². The molecule has 8 heteroatoms. The highest BCUT2D eigenvalue weighted by Crippen LogP contribution is 2.25. The molecular formula is C12H21Cl2N3O2S. The lowest BCUT2D eigenvalue weighted by Gasteiger charge is -2.26. The lowest BCUT2D eigenvalue weighted by atomic mass is 10.0. The van der Waals surface area contributed by atoms with E-state index in [1.807, 2.05) is 13.8 Å². The van der Waals surface area contributed by atoms with Crippen LogP contribution in [0.1, 0.15) is 33.4 Å². The van der Waals surface area contributed by atoms with Crippen LogP contribution in [0.5, 0.6) is 0 Å². The van der Waals surface area contributed by atoms with Crippen LogP contribution in [0.3, 0.4) is 0 Å². The second-order valence-corrected chi connectivity index (χ2v) is 5.61. The Morgan fingerprint density at radius 2 is 2.20 bits per heavy atom. The number of thiazole rings is 1. The van der Waals surface area contributed by atoms with E-state index in [0.29, 0.717) is 10.8 Å². The quantitative estimate of drug-likeness (QED) is 0.859. The van der Waals surface area contributed by atoms with E-state index in [0.717, 1.165) is 30.3 Å². The van der Waals surface area contributed by atoms with Gasteiger partial charge in [0.2, 0.25) is 0 Å². The summed E-state index contributed by atoms with van der Waals surface area (Å²) in [5.41, 5.74) is 0.781. The molecule has 1 unspecified atom stereocenters. The number of nitrogens with one attached hydrogen (secondary N) is 2. The summed E-state index contributed by atoms with van der Waals surface area (Å²) in [4.78, 5) is 17.1. The summed E-state index contributed by atoms with van der Waals surface area (Å²) in [6.45, 7) is 6.52. The number of aryl methyl sites for hydroxylation is 1. The van der Waals surface area contributed by atoms with E-state index >= 15 is 0 Å². The van der Waals surface area contributed by atoms with Gasteiger partial charge < -0.3 is 15.4 Å². The first-order valence-electron chi connectivity index (χ1n) is 6.10. The Balaban J connectivity index is 0.00000180. The van der Waals surface area contributed by atoms with Gasteiger partial charge in [-0.05, 0) is 13.8 Å². The van der Waals surface area contributed by atoms with E-state index in [9.17, 15) is 4.79 Å². The lowest BCUT2D eigenvalue weighted by Crippen LogP contribution is -2.48. The minimum Gasteiger partial charge on any atom is -0.375 e. The molecule has 1 aromatic rings. The highest BCUT2D eigenvalue weighted by atomic mass is 35.5. The van der Waals surface area contributed by atoms with Crippen molar-refractivity contribution >= 4 is 42.1 Å². The minimum absolute atomic E-state index is 0. The smallest absolute Gasteiger partial charge is 0.263 e. The predicted molar refractivity (Wildman–Crippen MR) is 85.5 cm³/mol. The number of hydrogen-bond acceptors (Lipinski definition) is 5. The van der Waals surface area contributed by atoms with Crippen LogP contribution in [0.2, 0.25) is 0 Å². The fourth-order valence-electron chi connectivity index (χ4n) is 1.71. The van der Waals surface area contributed by atoms with Gasteiger partial charge in [-0.25, -0.2) is 4.98 Å². The number of ether oxygens (including phenoxy) is 1. The SMILES string of the molecule is COC(C)c1nc(C)c(C(=O)NCC2CNC2)s1.Cl.Cl. The third-order valence-corrected chi connectivity index (χ3v) is 4.46. The van der Waals surface area contributed by atoms with E-state index in [-0.39, 0.29) is 36.8 Å². The summed E-state index contributed by atoms with van der Waals surface area (Å²) < 4.78 is 5.22. The van der Waals surface area contributed by atoms with E-state index < -0.39 is 0 Å². The summed E-state index contributed by atoms with van der Waals surface area (Å²) in [6.07, 6.45) is -0.0638. The van der Waals surface area contributed by atoms with Gasteiger partial charge in [0.1, 0.15) is 16.0 Å². The molecule has 2 rings (SSSR count). The van der Waals surface area contributed by atoms with Crippen molar-refractivity contribution in [3.63, 3.8) is 0 Å². The van der Waals surface area contributed by atoms with Crippen molar-refractivity contribution in [2.75, 3.05) is 26.7 Å². The van der Waals surface area contributed by atoms with Crippen LogP contribution in [0.25, 0.3) is 0 Å². The van der Waals surface area contributed by atoms with Crippen molar-refractivity contribution in [3.8, 4) is 0 Å². The maximum Gasteiger partial charge on any atom is 0.263 e.